The molecule has 8 nitrogen and oxygen atoms in total. The van der Waals surface area contributed by atoms with E-state index in [1.807, 2.05) is 0 Å². The maximum absolute atomic E-state index is 13.5. The molecule has 2 aliphatic rings. The second-order valence-electron chi connectivity index (χ2n) is 10.6. The first-order valence-electron chi connectivity index (χ1n) is 13.0. The van der Waals surface area contributed by atoms with Gasteiger partial charge in [0.1, 0.15) is 22.3 Å². The molecule has 0 aromatic heterocycles. The zero-order valence-corrected chi connectivity index (χ0v) is 32.6. The number of hydrogen-bond donors (Lipinski definition) is 0. The van der Waals surface area contributed by atoms with Crippen LogP contribution in [0.2, 0.25) is 0 Å². The Kier molecular flexibility index (Phi) is 11.5. The van der Waals surface area contributed by atoms with E-state index in [1.165, 1.54) is 0 Å². The number of ether oxygens (including phenoxy) is 1. The van der Waals surface area contributed by atoms with Crippen LogP contribution >= 0.6 is 63.7 Å². The van der Waals surface area contributed by atoms with E-state index in [2.05, 4.69) is 63.7 Å². The number of rotatable bonds is 6. The summed E-state index contributed by atoms with van der Waals surface area (Å²) >= 11 is 13.3. The molecule has 0 atom stereocenters. The standard InChI is InChI=1S/C32H22Br4O8.Na/c1-32(2,3)44-43-30(39)16-10-8-15(9-11-16)14-41-31(40)18-7-5-4-6-17(18)23-19-12-21(33)26(37)24(35)28(19)42-29-20(23)13-22(34)27(38)25(29)36;/h4-13,37H,14H2,1-3H3;/q;+1/p-1. The van der Waals surface area contributed by atoms with E-state index in [9.17, 15) is 19.5 Å². The summed E-state index contributed by atoms with van der Waals surface area (Å²) in [6, 6.07) is 16.5. The summed E-state index contributed by atoms with van der Waals surface area (Å²) in [7, 11) is 0. The van der Waals surface area contributed by atoms with E-state index in [-0.39, 0.29) is 87.7 Å². The molecule has 1 aliphatic carbocycles. The topological polar surface area (TPSA) is 115 Å². The van der Waals surface area contributed by atoms with Crippen molar-refractivity contribution in [3.05, 3.63) is 105 Å². The number of hydrogen-bond acceptors (Lipinski definition) is 8. The Morgan fingerprint density at radius 2 is 1.53 bits per heavy atom. The van der Waals surface area contributed by atoms with Crippen molar-refractivity contribution in [3.63, 3.8) is 0 Å². The van der Waals surface area contributed by atoms with Crippen LogP contribution in [-0.2, 0) is 21.1 Å². The Balaban J connectivity index is 0.00000461. The third-order valence-electron chi connectivity index (χ3n) is 6.35. The van der Waals surface area contributed by atoms with Gasteiger partial charge >= 0.3 is 41.5 Å². The Bertz CT molecular complexity index is 1970. The third-order valence-corrected chi connectivity index (χ3v) is 8.97. The fraction of sp³-hybridized carbons (Fsp3) is 0.156. The van der Waals surface area contributed by atoms with Gasteiger partial charge in [0.15, 0.2) is 5.76 Å². The molecule has 0 bridgehead atoms. The summed E-state index contributed by atoms with van der Waals surface area (Å²) in [5, 5.41) is 13.3. The zero-order valence-electron chi connectivity index (χ0n) is 24.3. The second-order valence-corrected chi connectivity index (χ2v) is 13.9. The van der Waals surface area contributed by atoms with Crippen molar-refractivity contribution in [1.29, 1.82) is 0 Å². The molecule has 0 saturated heterocycles. The Hall–Kier alpha value is -2.03. The van der Waals surface area contributed by atoms with Crippen molar-refractivity contribution in [3.8, 4) is 28.2 Å². The maximum atomic E-state index is 13.5. The smallest absolute Gasteiger partial charge is 0.871 e. The SMILES string of the molecule is CC(C)(C)OOC(=O)c1ccc(COC(=O)c2ccccc2-c2c3cc(Br)c(=O)c(Br)c-3oc3c(Br)c([O-])c(Br)cc23)cc1.[Na+]. The zero-order chi connectivity index (χ0) is 31.9. The van der Waals surface area contributed by atoms with Gasteiger partial charge in [-0.05, 0) is 110 Å². The summed E-state index contributed by atoms with van der Waals surface area (Å²) < 4.78 is 12.7. The van der Waals surface area contributed by atoms with Crippen molar-refractivity contribution in [2.45, 2.75) is 33.0 Å². The van der Waals surface area contributed by atoms with E-state index in [0.717, 1.165) is 0 Å². The fourth-order valence-corrected chi connectivity index (χ4v) is 6.73. The van der Waals surface area contributed by atoms with E-state index in [4.69, 9.17) is 18.9 Å². The van der Waals surface area contributed by atoms with Gasteiger partial charge in [-0.1, -0.05) is 52.0 Å². The predicted octanol–water partition coefficient (Wildman–Crippen LogP) is 5.94. The number of benzene rings is 4. The fourth-order valence-electron chi connectivity index (χ4n) is 4.33. The summed E-state index contributed by atoms with van der Waals surface area (Å²) in [5.74, 6) is -1.38. The van der Waals surface area contributed by atoms with Crippen LogP contribution < -0.4 is 40.1 Å². The quantitative estimate of drug-likeness (QED) is 0.0678. The molecule has 5 rings (SSSR count). The number of esters is 1. The molecule has 0 amide bonds. The van der Waals surface area contributed by atoms with E-state index in [1.54, 1.807) is 81.4 Å². The molecule has 226 valence electrons. The molecule has 0 fully saturated rings. The van der Waals surface area contributed by atoms with Gasteiger partial charge in [0.25, 0.3) is 0 Å². The predicted molar refractivity (Wildman–Crippen MR) is 177 cm³/mol. The first-order chi connectivity index (χ1) is 20.8. The van der Waals surface area contributed by atoms with Crippen LogP contribution in [0.25, 0.3) is 33.4 Å². The van der Waals surface area contributed by atoms with E-state index >= 15 is 0 Å². The van der Waals surface area contributed by atoms with Crippen LogP contribution in [0.5, 0.6) is 5.75 Å². The van der Waals surface area contributed by atoms with Crippen molar-refractivity contribution in [1.82, 2.24) is 0 Å². The summed E-state index contributed by atoms with van der Waals surface area (Å²) in [5.41, 5.74) is 1.96. The van der Waals surface area contributed by atoms with Gasteiger partial charge in [0, 0.05) is 21.0 Å². The van der Waals surface area contributed by atoms with Gasteiger partial charge in [-0.15, -0.1) is 0 Å². The van der Waals surface area contributed by atoms with Crippen LogP contribution in [0.1, 0.15) is 47.1 Å². The van der Waals surface area contributed by atoms with Crippen molar-refractivity contribution >= 4 is 86.6 Å². The van der Waals surface area contributed by atoms with E-state index < -0.39 is 17.5 Å². The van der Waals surface area contributed by atoms with Crippen molar-refractivity contribution in [2.24, 2.45) is 0 Å². The maximum Gasteiger partial charge on any atom is 1.00 e. The molecule has 45 heavy (non-hydrogen) atoms. The third kappa shape index (κ3) is 7.59. The summed E-state index contributed by atoms with van der Waals surface area (Å²) in [4.78, 5) is 48.5. The Morgan fingerprint density at radius 3 is 2.20 bits per heavy atom. The minimum absolute atomic E-state index is 0. The summed E-state index contributed by atoms with van der Waals surface area (Å²) in [6.45, 7) is 5.21. The number of halogens is 4. The Labute approximate surface area is 313 Å². The molecule has 3 aromatic rings. The molecular weight excluding hydrogens is 855 g/mol. The molecule has 0 spiro atoms. The molecule has 0 radical (unpaired) electrons. The first-order valence-corrected chi connectivity index (χ1v) is 16.1. The largest absolute Gasteiger partial charge is 1.00 e. The molecular formula is C32H21Br4NaO8. The van der Waals surface area contributed by atoms with Crippen LogP contribution in [-0.4, -0.2) is 17.5 Å². The number of fused-ring (bicyclic) bond motifs is 2. The molecule has 1 heterocycles. The Morgan fingerprint density at radius 1 is 0.867 bits per heavy atom. The molecule has 1 aliphatic heterocycles. The molecule has 0 N–H and O–H groups in total. The molecule has 0 unspecified atom stereocenters. The monoisotopic (exact) mass is 872 g/mol. The van der Waals surface area contributed by atoms with Gasteiger partial charge in [-0.3, -0.25) is 9.68 Å². The average Bonchev–Trinajstić information content (AvgIpc) is 2.99. The van der Waals surface area contributed by atoms with Gasteiger partial charge < -0.3 is 14.3 Å². The first kappa shape index (κ1) is 35.8. The minimum atomic E-state index is -0.648. The van der Waals surface area contributed by atoms with Gasteiger partial charge in [0.2, 0.25) is 5.43 Å². The van der Waals surface area contributed by atoms with Gasteiger partial charge in [-0.25, -0.2) is 9.59 Å². The minimum Gasteiger partial charge on any atom is -0.871 e. The van der Waals surface area contributed by atoms with Gasteiger partial charge in [-0.2, -0.15) is 4.89 Å². The molecule has 13 heteroatoms. The van der Waals surface area contributed by atoms with Gasteiger partial charge in [0.05, 0.1) is 20.1 Å². The van der Waals surface area contributed by atoms with Crippen LogP contribution in [0, 0.1) is 0 Å². The second kappa shape index (κ2) is 14.4. The van der Waals surface area contributed by atoms with Crippen LogP contribution in [0.3, 0.4) is 0 Å². The molecule has 0 saturated carbocycles. The van der Waals surface area contributed by atoms with E-state index in [0.29, 0.717) is 27.6 Å². The number of carbonyl (C=O) groups is 2. The van der Waals surface area contributed by atoms with Crippen LogP contribution in [0.15, 0.2) is 87.8 Å². The summed E-state index contributed by atoms with van der Waals surface area (Å²) in [6.07, 6.45) is 0. The molecule has 3 aromatic carbocycles. The van der Waals surface area contributed by atoms with Crippen molar-refractivity contribution in [2.75, 3.05) is 0 Å². The normalized spacial score (nSPS) is 11.4. The van der Waals surface area contributed by atoms with Crippen molar-refractivity contribution < 1.29 is 63.2 Å². The van der Waals surface area contributed by atoms with Crippen LogP contribution in [0.4, 0.5) is 0 Å². The number of carbonyl (C=O) groups excluding carboxylic acids is 2. The average molecular weight is 876 g/mol.